The standard InChI is InChI=1S/C13H18N4O/c1-11(9-13-14-10-18-17-13)5-2-3-6-12-7-4-8-15-16-12/h4,7-8,10-11H,2-3,5-6,9H2,1H3. The molecule has 0 aromatic carbocycles. The molecule has 0 aliphatic carbocycles. The molecule has 0 saturated carbocycles. The van der Waals surface area contributed by atoms with Crippen LogP contribution in [-0.2, 0) is 12.8 Å². The number of nitrogens with zero attached hydrogens (tertiary/aromatic N) is 4. The maximum absolute atomic E-state index is 4.72. The maximum Gasteiger partial charge on any atom is 0.213 e. The molecule has 2 aromatic heterocycles. The Bertz CT molecular complexity index is 430. The summed E-state index contributed by atoms with van der Waals surface area (Å²) in [5.41, 5.74) is 1.07. The summed E-state index contributed by atoms with van der Waals surface area (Å²) in [5.74, 6) is 1.39. The van der Waals surface area contributed by atoms with Gasteiger partial charge >= 0.3 is 0 Å². The Kier molecular flexibility index (Phi) is 4.81. The highest BCUT2D eigenvalue weighted by molar-refractivity contribution is 4.98. The van der Waals surface area contributed by atoms with E-state index in [2.05, 4.69) is 27.3 Å². The predicted molar refractivity (Wildman–Crippen MR) is 66.8 cm³/mol. The fraction of sp³-hybridized carbons (Fsp3) is 0.538. The first-order valence-corrected chi connectivity index (χ1v) is 6.36. The van der Waals surface area contributed by atoms with Gasteiger partial charge in [0.1, 0.15) is 0 Å². The Balaban J connectivity index is 1.60. The molecule has 2 rings (SSSR count). The van der Waals surface area contributed by atoms with Gasteiger partial charge < -0.3 is 4.52 Å². The molecule has 0 fully saturated rings. The Morgan fingerprint density at radius 2 is 2.28 bits per heavy atom. The zero-order valence-corrected chi connectivity index (χ0v) is 10.6. The second kappa shape index (κ2) is 6.83. The zero-order chi connectivity index (χ0) is 12.6. The van der Waals surface area contributed by atoms with E-state index in [1.54, 1.807) is 6.20 Å². The Labute approximate surface area is 107 Å². The van der Waals surface area contributed by atoms with Gasteiger partial charge in [-0.25, -0.2) is 0 Å². The molecular formula is C13H18N4O. The van der Waals surface area contributed by atoms with Gasteiger partial charge in [-0.15, -0.1) is 0 Å². The third kappa shape index (κ3) is 4.24. The maximum atomic E-state index is 4.72. The van der Waals surface area contributed by atoms with Crippen molar-refractivity contribution in [3.63, 3.8) is 0 Å². The molecule has 1 atom stereocenters. The molecular weight excluding hydrogens is 228 g/mol. The summed E-state index contributed by atoms with van der Waals surface area (Å²) in [5, 5.41) is 11.8. The Hall–Kier alpha value is -1.78. The fourth-order valence-corrected chi connectivity index (χ4v) is 1.96. The summed E-state index contributed by atoms with van der Waals surface area (Å²) in [6, 6.07) is 3.96. The highest BCUT2D eigenvalue weighted by atomic mass is 16.5. The molecule has 0 radical (unpaired) electrons. The van der Waals surface area contributed by atoms with Crippen molar-refractivity contribution in [1.29, 1.82) is 0 Å². The third-order valence-corrected chi connectivity index (χ3v) is 2.95. The Morgan fingerprint density at radius 3 is 3.00 bits per heavy atom. The molecule has 2 aromatic rings. The van der Waals surface area contributed by atoms with Crippen molar-refractivity contribution in [3.8, 4) is 0 Å². The SMILES string of the molecule is CC(CCCCc1cccnn1)Cc1ncon1. The molecule has 5 heteroatoms. The second-order valence-electron chi connectivity index (χ2n) is 4.62. The molecule has 0 aliphatic heterocycles. The number of hydrogen-bond acceptors (Lipinski definition) is 5. The lowest BCUT2D eigenvalue weighted by Crippen LogP contribution is -2.02. The van der Waals surface area contributed by atoms with Crippen molar-refractivity contribution in [2.75, 3.05) is 0 Å². The van der Waals surface area contributed by atoms with Gasteiger partial charge in [0.2, 0.25) is 6.39 Å². The van der Waals surface area contributed by atoms with E-state index < -0.39 is 0 Å². The third-order valence-electron chi connectivity index (χ3n) is 2.95. The lowest BCUT2D eigenvalue weighted by molar-refractivity contribution is 0.400. The van der Waals surface area contributed by atoms with Crippen LogP contribution in [0.15, 0.2) is 29.2 Å². The van der Waals surface area contributed by atoms with Crippen LogP contribution in [0.3, 0.4) is 0 Å². The van der Waals surface area contributed by atoms with Crippen molar-refractivity contribution in [1.82, 2.24) is 20.3 Å². The summed E-state index contributed by atoms with van der Waals surface area (Å²) in [7, 11) is 0. The van der Waals surface area contributed by atoms with Crippen LogP contribution in [0.2, 0.25) is 0 Å². The van der Waals surface area contributed by atoms with Gasteiger partial charge in [-0.05, 0) is 30.9 Å². The number of unbranched alkanes of at least 4 members (excludes halogenated alkanes) is 1. The van der Waals surface area contributed by atoms with Crippen molar-refractivity contribution in [2.45, 2.75) is 39.0 Å². The van der Waals surface area contributed by atoms with Crippen molar-refractivity contribution in [3.05, 3.63) is 36.2 Å². The van der Waals surface area contributed by atoms with E-state index in [0.29, 0.717) is 5.92 Å². The van der Waals surface area contributed by atoms with Gasteiger partial charge in [0.15, 0.2) is 5.82 Å². The van der Waals surface area contributed by atoms with Crippen LogP contribution in [0.5, 0.6) is 0 Å². The van der Waals surface area contributed by atoms with Gasteiger partial charge in [-0.2, -0.15) is 15.2 Å². The summed E-state index contributed by atoms with van der Waals surface area (Å²) < 4.78 is 4.72. The van der Waals surface area contributed by atoms with Gasteiger partial charge in [-0.1, -0.05) is 24.9 Å². The van der Waals surface area contributed by atoms with Crippen LogP contribution >= 0.6 is 0 Å². The van der Waals surface area contributed by atoms with E-state index in [1.165, 1.54) is 19.2 Å². The minimum atomic E-state index is 0.587. The van der Waals surface area contributed by atoms with Crippen LogP contribution in [0, 0.1) is 5.92 Å². The normalized spacial score (nSPS) is 12.5. The molecule has 96 valence electrons. The number of aryl methyl sites for hydroxylation is 1. The monoisotopic (exact) mass is 246 g/mol. The molecule has 2 heterocycles. The highest BCUT2D eigenvalue weighted by Crippen LogP contribution is 2.13. The summed E-state index contributed by atoms with van der Waals surface area (Å²) in [4.78, 5) is 4.04. The van der Waals surface area contributed by atoms with Gasteiger partial charge in [-0.3, -0.25) is 0 Å². The topological polar surface area (TPSA) is 64.7 Å². The van der Waals surface area contributed by atoms with Crippen LogP contribution in [0.4, 0.5) is 0 Å². The number of aromatic nitrogens is 4. The molecule has 1 unspecified atom stereocenters. The number of rotatable bonds is 7. The van der Waals surface area contributed by atoms with Crippen molar-refractivity contribution in [2.24, 2.45) is 5.92 Å². The van der Waals surface area contributed by atoms with E-state index in [-0.39, 0.29) is 0 Å². The molecule has 0 N–H and O–H groups in total. The van der Waals surface area contributed by atoms with Crippen LogP contribution in [0.25, 0.3) is 0 Å². The molecule has 0 aliphatic rings. The molecule has 0 saturated heterocycles. The van der Waals surface area contributed by atoms with E-state index >= 15 is 0 Å². The van der Waals surface area contributed by atoms with Crippen molar-refractivity contribution >= 4 is 0 Å². The van der Waals surface area contributed by atoms with Crippen LogP contribution in [-0.4, -0.2) is 20.3 Å². The van der Waals surface area contributed by atoms with Crippen LogP contribution < -0.4 is 0 Å². The molecule has 5 nitrogen and oxygen atoms in total. The first-order chi connectivity index (χ1) is 8.84. The van der Waals surface area contributed by atoms with Crippen LogP contribution in [0.1, 0.15) is 37.7 Å². The highest BCUT2D eigenvalue weighted by Gasteiger charge is 2.07. The first-order valence-electron chi connectivity index (χ1n) is 6.36. The molecule has 0 bridgehead atoms. The van der Waals surface area contributed by atoms with E-state index in [0.717, 1.165) is 30.8 Å². The van der Waals surface area contributed by atoms with Crippen molar-refractivity contribution < 1.29 is 4.52 Å². The minimum absolute atomic E-state index is 0.587. The smallest absolute Gasteiger partial charge is 0.213 e. The zero-order valence-electron chi connectivity index (χ0n) is 10.6. The molecule has 0 amide bonds. The molecule has 18 heavy (non-hydrogen) atoms. The summed E-state index contributed by atoms with van der Waals surface area (Å²) in [6.45, 7) is 2.22. The quantitative estimate of drug-likeness (QED) is 0.702. The lowest BCUT2D eigenvalue weighted by Gasteiger charge is -2.07. The second-order valence-corrected chi connectivity index (χ2v) is 4.62. The largest absolute Gasteiger partial charge is 0.343 e. The average molecular weight is 246 g/mol. The van der Waals surface area contributed by atoms with Gasteiger partial charge in [0.05, 0.1) is 5.69 Å². The fourth-order valence-electron chi connectivity index (χ4n) is 1.96. The van der Waals surface area contributed by atoms with E-state index in [4.69, 9.17) is 4.52 Å². The average Bonchev–Trinajstić information content (AvgIpc) is 2.89. The minimum Gasteiger partial charge on any atom is -0.343 e. The predicted octanol–water partition coefficient (Wildman–Crippen LogP) is 2.45. The summed E-state index contributed by atoms with van der Waals surface area (Å²) in [6.07, 6.45) is 8.50. The molecule has 0 spiro atoms. The van der Waals surface area contributed by atoms with Gasteiger partial charge in [0.25, 0.3) is 0 Å². The van der Waals surface area contributed by atoms with Gasteiger partial charge in [0, 0.05) is 12.6 Å². The Morgan fingerprint density at radius 1 is 1.33 bits per heavy atom. The van der Waals surface area contributed by atoms with E-state index in [1.807, 2.05) is 12.1 Å². The van der Waals surface area contributed by atoms with E-state index in [9.17, 15) is 0 Å². The number of hydrogen-bond donors (Lipinski definition) is 0. The first kappa shape index (κ1) is 12.7. The summed E-state index contributed by atoms with van der Waals surface area (Å²) >= 11 is 0. The lowest BCUT2D eigenvalue weighted by atomic mass is 9.99.